The number of carbonyl (C=O) groups is 1. The Kier molecular flexibility index (Phi) is 4.56. The molecule has 0 bridgehead atoms. The highest BCUT2D eigenvalue weighted by Gasteiger charge is 2.12. The maximum absolute atomic E-state index is 11.2. The van der Waals surface area contributed by atoms with Crippen LogP contribution in [0.1, 0.15) is 26.6 Å². The van der Waals surface area contributed by atoms with Crippen LogP contribution >= 0.6 is 11.3 Å². The smallest absolute Gasteiger partial charge is 0.335 e. The van der Waals surface area contributed by atoms with E-state index < -0.39 is 5.97 Å². The Morgan fingerprint density at radius 3 is 2.67 bits per heavy atom. The van der Waals surface area contributed by atoms with Crippen LogP contribution < -0.4 is 5.32 Å². The van der Waals surface area contributed by atoms with Crippen molar-refractivity contribution in [2.75, 3.05) is 5.32 Å². The number of nitrogens with zero attached hydrogens (tertiary/aromatic N) is 2. The largest absolute Gasteiger partial charge is 0.478 e. The van der Waals surface area contributed by atoms with Crippen molar-refractivity contribution in [2.24, 2.45) is 0 Å². The summed E-state index contributed by atoms with van der Waals surface area (Å²) < 4.78 is 0. The topological polar surface area (TPSA) is 75.1 Å². The zero-order valence-corrected chi connectivity index (χ0v) is 15.5. The monoisotopic (exact) mass is 375 g/mol. The number of rotatable bonds is 5. The van der Waals surface area contributed by atoms with E-state index in [2.05, 4.69) is 23.5 Å². The molecular weight excluding hydrogens is 358 g/mol. The molecule has 0 atom stereocenters. The van der Waals surface area contributed by atoms with Crippen molar-refractivity contribution in [3.8, 4) is 0 Å². The first-order valence-electron chi connectivity index (χ1n) is 8.50. The molecule has 2 aromatic heterocycles. The van der Waals surface area contributed by atoms with Gasteiger partial charge < -0.3 is 10.4 Å². The fraction of sp³-hybridized carbons (Fsp3) is 0.0952. The number of benzene rings is 2. The first-order valence-corrected chi connectivity index (χ1v) is 9.31. The maximum atomic E-state index is 11.2. The SMILES string of the molecule is Cc1cc2c(Nc3cccc(C(=O)O)c3)nc(Cc3ccccc3)nc2s1. The number of nitrogens with one attached hydrogen (secondary N) is 1. The van der Waals surface area contributed by atoms with E-state index in [1.54, 1.807) is 29.5 Å². The second-order valence-corrected chi connectivity index (χ2v) is 7.47. The summed E-state index contributed by atoms with van der Waals surface area (Å²) in [6, 6.07) is 18.9. The quantitative estimate of drug-likeness (QED) is 0.511. The minimum absolute atomic E-state index is 0.233. The lowest BCUT2D eigenvalue weighted by molar-refractivity contribution is 0.0697. The summed E-state index contributed by atoms with van der Waals surface area (Å²) in [6.45, 7) is 2.04. The number of aromatic nitrogens is 2. The van der Waals surface area contributed by atoms with Gasteiger partial charge in [0.2, 0.25) is 0 Å². The van der Waals surface area contributed by atoms with Crippen LogP contribution in [0, 0.1) is 6.92 Å². The molecule has 0 saturated heterocycles. The fourth-order valence-electron chi connectivity index (χ4n) is 2.91. The molecule has 0 fully saturated rings. The van der Waals surface area contributed by atoms with Gasteiger partial charge in [-0.05, 0) is 36.8 Å². The molecular formula is C21H17N3O2S. The molecule has 0 saturated carbocycles. The van der Waals surface area contributed by atoms with Crippen molar-refractivity contribution in [1.82, 2.24) is 9.97 Å². The van der Waals surface area contributed by atoms with Gasteiger partial charge >= 0.3 is 5.97 Å². The third-order valence-corrected chi connectivity index (χ3v) is 5.08. The van der Waals surface area contributed by atoms with Gasteiger partial charge in [0.15, 0.2) is 0 Å². The Hall–Kier alpha value is -3.25. The van der Waals surface area contributed by atoms with Gasteiger partial charge in [-0.1, -0.05) is 36.4 Å². The molecule has 0 amide bonds. The zero-order valence-electron chi connectivity index (χ0n) is 14.6. The predicted octanol–water partition coefficient (Wildman–Crippen LogP) is 5.03. The number of hydrogen-bond donors (Lipinski definition) is 2. The lowest BCUT2D eigenvalue weighted by Gasteiger charge is -2.10. The summed E-state index contributed by atoms with van der Waals surface area (Å²) in [5.74, 6) is 0.466. The van der Waals surface area contributed by atoms with Crippen LogP contribution in [0.2, 0.25) is 0 Å². The Balaban J connectivity index is 1.74. The van der Waals surface area contributed by atoms with Crippen LogP contribution in [0.4, 0.5) is 11.5 Å². The average Bonchev–Trinajstić information content (AvgIpc) is 3.03. The molecule has 0 spiro atoms. The summed E-state index contributed by atoms with van der Waals surface area (Å²) in [4.78, 5) is 22.7. The van der Waals surface area contributed by atoms with E-state index in [0.717, 1.165) is 26.5 Å². The predicted molar refractivity (Wildman–Crippen MR) is 108 cm³/mol. The maximum Gasteiger partial charge on any atom is 0.335 e. The number of aryl methyl sites for hydroxylation is 1. The van der Waals surface area contributed by atoms with Crippen molar-refractivity contribution in [3.05, 3.63) is 82.5 Å². The number of carboxylic acids is 1. The molecule has 6 heteroatoms. The minimum atomic E-state index is -0.956. The number of aromatic carboxylic acids is 1. The van der Waals surface area contributed by atoms with Crippen LogP contribution in [-0.2, 0) is 6.42 Å². The highest BCUT2D eigenvalue weighted by molar-refractivity contribution is 7.18. The van der Waals surface area contributed by atoms with Gasteiger partial charge in [0.25, 0.3) is 0 Å². The van der Waals surface area contributed by atoms with E-state index in [0.29, 0.717) is 17.9 Å². The first kappa shape index (κ1) is 17.2. The highest BCUT2D eigenvalue weighted by Crippen LogP contribution is 2.31. The van der Waals surface area contributed by atoms with E-state index in [-0.39, 0.29) is 5.56 Å². The summed E-state index contributed by atoms with van der Waals surface area (Å²) >= 11 is 1.62. The Morgan fingerprint density at radius 1 is 1.07 bits per heavy atom. The summed E-state index contributed by atoms with van der Waals surface area (Å²) in [5.41, 5.74) is 2.06. The summed E-state index contributed by atoms with van der Waals surface area (Å²) in [7, 11) is 0. The van der Waals surface area contributed by atoms with Crippen molar-refractivity contribution in [3.63, 3.8) is 0 Å². The van der Waals surface area contributed by atoms with E-state index in [1.807, 2.05) is 31.2 Å². The molecule has 134 valence electrons. The highest BCUT2D eigenvalue weighted by atomic mass is 32.1. The molecule has 27 heavy (non-hydrogen) atoms. The number of carboxylic acid groups (broad SMARTS) is 1. The lowest BCUT2D eigenvalue weighted by Crippen LogP contribution is -2.03. The van der Waals surface area contributed by atoms with Gasteiger partial charge in [-0.2, -0.15) is 0 Å². The molecule has 0 unspecified atom stereocenters. The Bertz CT molecular complexity index is 1120. The second kappa shape index (κ2) is 7.17. The lowest BCUT2D eigenvalue weighted by atomic mass is 10.1. The van der Waals surface area contributed by atoms with Gasteiger partial charge in [0.05, 0.1) is 10.9 Å². The van der Waals surface area contributed by atoms with Crippen molar-refractivity contribution < 1.29 is 9.90 Å². The molecule has 2 N–H and O–H groups in total. The van der Waals surface area contributed by atoms with Crippen LogP contribution in [0.15, 0.2) is 60.7 Å². The van der Waals surface area contributed by atoms with E-state index in [9.17, 15) is 9.90 Å². The van der Waals surface area contributed by atoms with Gasteiger partial charge in [-0.3, -0.25) is 0 Å². The molecule has 0 radical (unpaired) electrons. The minimum Gasteiger partial charge on any atom is -0.478 e. The van der Waals surface area contributed by atoms with Crippen molar-refractivity contribution in [1.29, 1.82) is 0 Å². The number of anilines is 2. The van der Waals surface area contributed by atoms with Crippen molar-refractivity contribution in [2.45, 2.75) is 13.3 Å². The van der Waals surface area contributed by atoms with E-state index in [1.165, 1.54) is 0 Å². The van der Waals surface area contributed by atoms with E-state index >= 15 is 0 Å². The number of thiophene rings is 1. The van der Waals surface area contributed by atoms with Crippen LogP contribution in [0.5, 0.6) is 0 Å². The standard InChI is InChI=1S/C21H17N3O2S/c1-13-10-17-19(22-16-9-5-8-15(12-16)21(25)26)23-18(24-20(17)27-13)11-14-6-3-2-4-7-14/h2-10,12H,11H2,1H3,(H,25,26)(H,22,23,24). The van der Waals surface area contributed by atoms with Gasteiger partial charge in [0, 0.05) is 17.0 Å². The van der Waals surface area contributed by atoms with Gasteiger partial charge in [-0.15, -0.1) is 11.3 Å². The molecule has 0 aliphatic carbocycles. The fourth-order valence-corrected chi connectivity index (χ4v) is 3.80. The zero-order chi connectivity index (χ0) is 18.8. The van der Waals surface area contributed by atoms with Crippen LogP contribution in [0.3, 0.4) is 0 Å². The summed E-state index contributed by atoms with van der Waals surface area (Å²) in [6.07, 6.45) is 0.636. The number of fused-ring (bicyclic) bond motifs is 1. The van der Waals surface area contributed by atoms with Crippen molar-refractivity contribution >= 4 is 39.0 Å². The van der Waals surface area contributed by atoms with Crippen LogP contribution in [-0.4, -0.2) is 21.0 Å². The summed E-state index contributed by atoms with van der Waals surface area (Å²) in [5, 5.41) is 13.4. The van der Waals surface area contributed by atoms with Gasteiger partial charge in [-0.25, -0.2) is 14.8 Å². The average molecular weight is 375 g/mol. The normalized spacial score (nSPS) is 10.9. The second-order valence-electron chi connectivity index (χ2n) is 6.24. The first-order chi connectivity index (χ1) is 13.1. The van der Waals surface area contributed by atoms with Gasteiger partial charge in [0.1, 0.15) is 16.5 Å². The van der Waals surface area contributed by atoms with Crippen LogP contribution in [0.25, 0.3) is 10.2 Å². The third kappa shape index (κ3) is 3.80. The Morgan fingerprint density at radius 2 is 1.89 bits per heavy atom. The molecule has 0 aliphatic rings. The molecule has 4 rings (SSSR count). The number of hydrogen-bond acceptors (Lipinski definition) is 5. The molecule has 2 heterocycles. The molecule has 5 nitrogen and oxygen atoms in total. The molecule has 0 aliphatic heterocycles. The third-order valence-electron chi connectivity index (χ3n) is 4.14. The Labute approximate surface area is 160 Å². The molecule has 4 aromatic rings. The molecule has 2 aromatic carbocycles. The van der Waals surface area contributed by atoms with E-state index in [4.69, 9.17) is 9.97 Å².